The summed E-state index contributed by atoms with van der Waals surface area (Å²) in [6.07, 6.45) is 0.286. The van der Waals surface area contributed by atoms with Gasteiger partial charge in [0.15, 0.2) is 0 Å². The van der Waals surface area contributed by atoms with Gasteiger partial charge in [0.05, 0.1) is 11.9 Å². The summed E-state index contributed by atoms with van der Waals surface area (Å²) in [7, 11) is 1.58. The van der Waals surface area contributed by atoms with E-state index in [0.29, 0.717) is 11.3 Å². The van der Waals surface area contributed by atoms with Crippen LogP contribution in [0.2, 0.25) is 0 Å². The zero-order chi connectivity index (χ0) is 15.2. The molecule has 3 nitrogen and oxygen atoms in total. The molecule has 0 saturated heterocycles. The highest BCUT2D eigenvalue weighted by atomic mass is 79.9. The number of nitrogens with one attached hydrogen (secondary N) is 1. The second kappa shape index (κ2) is 7.22. The van der Waals surface area contributed by atoms with E-state index < -0.39 is 4.83 Å². The molecule has 1 atom stereocenters. The fourth-order valence-corrected chi connectivity index (χ4v) is 2.31. The fraction of sp³-hybridized carbons (Fsp3) is 0.188. The molecule has 0 bridgehead atoms. The van der Waals surface area contributed by atoms with Crippen LogP contribution < -0.4 is 10.1 Å². The molecule has 0 aliphatic heterocycles. The first-order valence-corrected chi connectivity index (χ1v) is 7.34. The third-order valence-corrected chi connectivity index (χ3v) is 3.74. The molecule has 0 spiro atoms. The molecule has 0 aromatic heterocycles. The lowest BCUT2D eigenvalue weighted by Gasteiger charge is -2.12. The Kier molecular flexibility index (Phi) is 5.33. The van der Waals surface area contributed by atoms with Gasteiger partial charge in [0.2, 0.25) is 5.91 Å². The van der Waals surface area contributed by atoms with Crippen molar-refractivity contribution in [3.63, 3.8) is 0 Å². The van der Waals surface area contributed by atoms with Gasteiger partial charge in [-0.25, -0.2) is 4.39 Å². The molecular weight excluding hydrogens is 337 g/mol. The molecule has 21 heavy (non-hydrogen) atoms. The van der Waals surface area contributed by atoms with Crippen LogP contribution in [0.25, 0.3) is 0 Å². The number of rotatable bonds is 5. The van der Waals surface area contributed by atoms with Crippen molar-refractivity contribution < 1.29 is 13.9 Å². The minimum atomic E-state index is -0.503. The Bertz CT molecular complexity index is 616. The van der Waals surface area contributed by atoms with Gasteiger partial charge in [-0.05, 0) is 42.3 Å². The normalized spacial score (nSPS) is 11.8. The molecular formula is C16H15BrFNO2. The van der Waals surface area contributed by atoms with Crippen molar-refractivity contribution >= 4 is 27.5 Å². The molecule has 0 radical (unpaired) electrons. The van der Waals surface area contributed by atoms with Crippen molar-refractivity contribution in [3.8, 4) is 5.75 Å². The molecule has 0 heterocycles. The summed E-state index contributed by atoms with van der Waals surface area (Å²) in [6.45, 7) is 0. The van der Waals surface area contributed by atoms with Gasteiger partial charge in [0.25, 0.3) is 0 Å². The Labute approximate surface area is 131 Å². The Morgan fingerprint density at radius 1 is 1.24 bits per heavy atom. The maximum Gasteiger partial charge on any atom is 0.238 e. The molecule has 2 aromatic carbocycles. The van der Waals surface area contributed by atoms with E-state index in [9.17, 15) is 9.18 Å². The van der Waals surface area contributed by atoms with Crippen LogP contribution in [0, 0.1) is 5.82 Å². The third kappa shape index (κ3) is 4.29. The van der Waals surface area contributed by atoms with E-state index in [1.165, 1.54) is 6.07 Å². The number of carbonyl (C=O) groups is 1. The van der Waals surface area contributed by atoms with E-state index >= 15 is 0 Å². The van der Waals surface area contributed by atoms with Crippen LogP contribution in [-0.4, -0.2) is 17.8 Å². The summed E-state index contributed by atoms with van der Waals surface area (Å²) in [6, 6.07) is 13.4. The summed E-state index contributed by atoms with van der Waals surface area (Å²) in [4.78, 5) is 11.6. The average molecular weight is 352 g/mol. The average Bonchev–Trinajstić information content (AvgIpc) is 2.50. The highest BCUT2D eigenvalue weighted by molar-refractivity contribution is 9.10. The first-order valence-electron chi connectivity index (χ1n) is 6.42. The molecule has 5 heteroatoms. The maximum atomic E-state index is 13.6. The van der Waals surface area contributed by atoms with Gasteiger partial charge in [0, 0.05) is 5.69 Å². The van der Waals surface area contributed by atoms with E-state index in [1.54, 1.807) is 49.6 Å². The van der Waals surface area contributed by atoms with Crippen LogP contribution in [0.4, 0.5) is 10.1 Å². The lowest BCUT2D eigenvalue weighted by Crippen LogP contribution is -2.25. The highest BCUT2D eigenvalue weighted by Gasteiger charge is 2.17. The van der Waals surface area contributed by atoms with E-state index in [4.69, 9.17) is 4.74 Å². The number of anilines is 1. The summed E-state index contributed by atoms with van der Waals surface area (Å²) < 4.78 is 18.6. The van der Waals surface area contributed by atoms with Crippen LogP contribution in [-0.2, 0) is 11.2 Å². The maximum absolute atomic E-state index is 13.6. The van der Waals surface area contributed by atoms with Crippen LogP contribution in [0.3, 0.4) is 0 Å². The lowest BCUT2D eigenvalue weighted by atomic mass is 10.1. The Hall–Kier alpha value is -1.88. The Balaban J connectivity index is 1.97. The lowest BCUT2D eigenvalue weighted by molar-refractivity contribution is -0.115. The molecule has 2 rings (SSSR count). The quantitative estimate of drug-likeness (QED) is 0.832. The predicted molar refractivity (Wildman–Crippen MR) is 84.4 cm³/mol. The fourth-order valence-electron chi connectivity index (χ4n) is 1.84. The van der Waals surface area contributed by atoms with Gasteiger partial charge in [-0.15, -0.1) is 0 Å². The minimum Gasteiger partial charge on any atom is -0.497 e. The van der Waals surface area contributed by atoms with E-state index in [0.717, 1.165) is 5.75 Å². The summed E-state index contributed by atoms with van der Waals surface area (Å²) >= 11 is 3.30. The van der Waals surface area contributed by atoms with Gasteiger partial charge in [-0.2, -0.15) is 0 Å². The standard InChI is InChI=1S/C16H15BrFNO2/c1-21-13-8-6-12(7-9-13)19-16(20)14(17)10-11-4-2-3-5-15(11)18/h2-9,14H,10H2,1H3,(H,19,20). The van der Waals surface area contributed by atoms with Crippen LogP contribution in [0.15, 0.2) is 48.5 Å². The number of hydrogen-bond acceptors (Lipinski definition) is 2. The third-order valence-electron chi connectivity index (χ3n) is 3.00. The number of ether oxygens (including phenoxy) is 1. The molecule has 0 aliphatic carbocycles. The van der Waals surface area contributed by atoms with E-state index in [-0.39, 0.29) is 18.1 Å². The van der Waals surface area contributed by atoms with Gasteiger partial charge in [-0.3, -0.25) is 4.79 Å². The molecule has 2 aromatic rings. The summed E-state index contributed by atoms with van der Waals surface area (Å²) in [5.41, 5.74) is 1.17. The van der Waals surface area contributed by atoms with Crippen molar-refractivity contribution in [3.05, 3.63) is 59.9 Å². The molecule has 1 N–H and O–H groups in total. The monoisotopic (exact) mass is 351 g/mol. The van der Waals surface area contributed by atoms with Gasteiger partial charge >= 0.3 is 0 Å². The molecule has 1 unspecified atom stereocenters. The second-order valence-corrected chi connectivity index (χ2v) is 5.59. The first kappa shape index (κ1) is 15.5. The second-order valence-electron chi connectivity index (χ2n) is 4.48. The number of benzene rings is 2. The number of hydrogen-bond donors (Lipinski definition) is 1. The van der Waals surface area contributed by atoms with Crippen molar-refractivity contribution in [2.75, 3.05) is 12.4 Å². The number of alkyl halides is 1. The van der Waals surface area contributed by atoms with Crippen molar-refractivity contribution in [2.24, 2.45) is 0 Å². The molecule has 0 saturated carbocycles. The highest BCUT2D eigenvalue weighted by Crippen LogP contribution is 2.18. The zero-order valence-electron chi connectivity index (χ0n) is 11.5. The molecule has 1 amide bonds. The van der Waals surface area contributed by atoms with Crippen molar-refractivity contribution in [2.45, 2.75) is 11.2 Å². The number of halogens is 2. The summed E-state index contributed by atoms with van der Waals surface area (Å²) in [5.74, 6) is 0.192. The van der Waals surface area contributed by atoms with Crippen molar-refractivity contribution in [1.29, 1.82) is 0 Å². The smallest absolute Gasteiger partial charge is 0.238 e. The number of amides is 1. The first-order chi connectivity index (χ1) is 10.1. The predicted octanol–water partition coefficient (Wildman–Crippen LogP) is 3.78. The number of methoxy groups -OCH3 is 1. The van der Waals surface area contributed by atoms with Gasteiger partial charge in [0.1, 0.15) is 11.6 Å². The topological polar surface area (TPSA) is 38.3 Å². The Morgan fingerprint density at radius 3 is 2.52 bits per heavy atom. The Morgan fingerprint density at radius 2 is 1.90 bits per heavy atom. The van der Waals surface area contributed by atoms with Crippen LogP contribution >= 0.6 is 15.9 Å². The van der Waals surface area contributed by atoms with E-state index in [2.05, 4.69) is 21.2 Å². The van der Waals surface area contributed by atoms with Gasteiger partial charge in [-0.1, -0.05) is 34.1 Å². The largest absolute Gasteiger partial charge is 0.497 e. The molecule has 0 aliphatic rings. The number of carbonyl (C=O) groups excluding carboxylic acids is 1. The molecule has 0 fully saturated rings. The van der Waals surface area contributed by atoms with Crippen LogP contribution in [0.5, 0.6) is 5.75 Å². The van der Waals surface area contributed by atoms with Crippen LogP contribution in [0.1, 0.15) is 5.56 Å². The summed E-state index contributed by atoms with van der Waals surface area (Å²) in [5, 5.41) is 2.77. The zero-order valence-corrected chi connectivity index (χ0v) is 13.1. The SMILES string of the molecule is COc1ccc(NC(=O)C(Br)Cc2ccccc2F)cc1. The van der Waals surface area contributed by atoms with Crippen molar-refractivity contribution in [1.82, 2.24) is 0 Å². The minimum absolute atomic E-state index is 0.219. The van der Waals surface area contributed by atoms with E-state index in [1.807, 2.05) is 0 Å². The van der Waals surface area contributed by atoms with Gasteiger partial charge < -0.3 is 10.1 Å². The molecule has 110 valence electrons.